The van der Waals surface area contributed by atoms with Crippen LogP contribution in [0.25, 0.3) is 0 Å². The minimum Gasteiger partial charge on any atom is -0.493 e. The first-order valence-corrected chi connectivity index (χ1v) is 14.7. The van der Waals surface area contributed by atoms with Gasteiger partial charge in [0, 0.05) is 0 Å². The van der Waals surface area contributed by atoms with Crippen LogP contribution in [-0.2, 0) is 27.2 Å². The molecule has 0 aromatic heterocycles. The van der Waals surface area contributed by atoms with Gasteiger partial charge in [-0.25, -0.2) is 9.13 Å². The van der Waals surface area contributed by atoms with Gasteiger partial charge in [0.25, 0.3) is 11.4 Å². The Bertz CT molecular complexity index is 1280. The van der Waals surface area contributed by atoms with Crippen molar-refractivity contribution in [2.45, 2.75) is 26.1 Å². The molecule has 4 unspecified atom stereocenters. The van der Waals surface area contributed by atoms with E-state index < -0.39 is 62.3 Å². The molecule has 0 heterocycles. The number of benzene rings is 2. The fraction of sp³-hybridized carbons (Fsp3) is 0.455. The molecule has 2 rings (SSSR count). The number of rotatable bonds is 17. The Morgan fingerprint density at radius 2 is 0.952 bits per heavy atom. The highest BCUT2D eigenvalue weighted by Gasteiger charge is 2.33. The second kappa shape index (κ2) is 14.7. The van der Waals surface area contributed by atoms with Crippen LogP contribution in [0.15, 0.2) is 24.3 Å². The van der Waals surface area contributed by atoms with Crippen molar-refractivity contribution in [3.05, 3.63) is 55.6 Å². The van der Waals surface area contributed by atoms with E-state index in [2.05, 4.69) is 0 Å². The molecule has 0 spiro atoms. The largest absolute Gasteiger partial charge is 0.493 e. The number of nitro benzene ring substituents is 2. The number of nitrogens with zero attached hydrogens (tertiary/aromatic N) is 2. The van der Waals surface area contributed by atoms with E-state index in [4.69, 9.17) is 37.0 Å². The summed E-state index contributed by atoms with van der Waals surface area (Å²) in [6.07, 6.45) is -2.71. The standard InChI is InChI=1S/C22H30N2O16P2/c1-13(15-9-19(33-3)21(35-5)11-17(15)23(25)26)39-41(29,30)37-7-8-38-42(31,32)40-14(2)16-10-20(34-4)22(36-6)12-18(16)24(27)28/h9-14H,7-8H2,1-6H3,(H,29,30)(H,31,32). The van der Waals surface area contributed by atoms with Crippen LogP contribution in [0.2, 0.25) is 0 Å². The molecule has 0 bridgehead atoms. The molecule has 42 heavy (non-hydrogen) atoms. The van der Waals surface area contributed by atoms with Crippen LogP contribution in [-0.4, -0.2) is 61.3 Å². The summed E-state index contributed by atoms with van der Waals surface area (Å²) in [6.45, 7) is 0.990. The molecule has 2 aromatic carbocycles. The normalized spacial score (nSPS) is 15.5. The average molecular weight is 640 g/mol. The summed E-state index contributed by atoms with van der Waals surface area (Å²) >= 11 is 0. The molecule has 0 radical (unpaired) electrons. The molecule has 234 valence electrons. The number of ether oxygens (including phenoxy) is 4. The smallest absolute Gasteiger partial charge is 0.472 e. The third-order valence-corrected chi connectivity index (χ3v) is 7.69. The second-order valence-corrected chi connectivity index (χ2v) is 11.0. The number of phosphoric acid groups is 2. The van der Waals surface area contributed by atoms with Gasteiger partial charge in [-0.3, -0.25) is 38.3 Å². The Balaban J connectivity index is 2.05. The molecule has 20 heteroatoms. The Kier molecular flexibility index (Phi) is 12.2. The minimum atomic E-state index is -4.89. The van der Waals surface area contributed by atoms with Crippen LogP contribution >= 0.6 is 15.6 Å². The zero-order valence-corrected chi connectivity index (χ0v) is 25.1. The Hall–Kier alpha value is -3.34. The van der Waals surface area contributed by atoms with Gasteiger partial charge in [0.2, 0.25) is 0 Å². The second-order valence-electron chi connectivity index (χ2n) is 8.15. The predicted molar refractivity (Wildman–Crippen MR) is 143 cm³/mol. The van der Waals surface area contributed by atoms with E-state index in [-0.39, 0.29) is 34.1 Å². The van der Waals surface area contributed by atoms with Crippen LogP contribution < -0.4 is 18.9 Å². The fourth-order valence-electron chi connectivity index (χ4n) is 3.61. The monoisotopic (exact) mass is 640 g/mol. The minimum absolute atomic E-state index is 0.0476. The molecule has 2 N–H and O–H groups in total. The first-order valence-electron chi connectivity index (χ1n) is 11.7. The maximum atomic E-state index is 12.4. The Labute approximate surface area is 239 Å². The van der Waals surface area contributed by atoms with E-state index in [1.807, 2.05) is 0 Å². The highest BCUT2D eigenvalue weighted by atomic mass is 31.2. The summed E-state index contributed by atoms with van der Waals surface area (Å²) in [7, 11) is -4.64. The molecule has 4 atom stereocenters. The third kappa shape index (κ3) is 9.08. The van der Waals surface area contributed by atoms with Crippen LogP contribution in [0.5, 0.6) is 23.0 Å². The van der Waals surface area contributed by atoms with E-state index in [0.717, 1.165) is 12.1 Å². The molecule has 0 saturated carbocycles. The topological polar surface area (TPSA) is 235 Å². The van der Waals surface area contributed by atoms with Crippen molar-refractivity contribution < 1.29 is 65.8 Å². The molecule has 0 saturated heterocycles. The summed E-state index contributed by atoms with van der Waals surface area (Å²) in [5.74, 6) is 0.293. The molecule has 0 aliphatic carbocycles. The van der Waals surface area contributed by atoms with Gasteiger partial charge in [0.1, 0.15) is 0 Å². The zero-order chi connectivity index (χ0) is 31.8. The number of phosphoric ester groups is 2. The highest BCUT2D eigenvalue weighted by molar-refractivity contribution is 7.47. The predicted octanol–water partition coefficient (Wildman–Crippen LogP) is 4.63. The molecule has 0 fully saturated rings. The van der Waals surface area contributed by atoms with Gasteiger partial charge >= 0.3 is 15.6 Å². The molecule has 18 nitrogen and oxygen atoms in total. The Morgan fingerprint density at radius 3 is 1.21 bits per heavy atom. The first kappa shape index (κ1) is 34.9. The molecule has 0 amide bonds. The summed E-state index contributed by atoms with van der Waals surface area (Å²) in [5.41, 5.74) is -1.21. The highest BCUT2D eigenvalue weighted by Crippen LogP contribution is 2.52. The van der Waals surface area contributed by atoms with Crippen molar-refractivity contribution in [1.29, 1.82) is 0 Å². The zero-order valence-electron chi connectivity index (χ0n) is 23.3. The van der Waals surface area contributed by atoms with Crippen molar-refractivity contribution >= 4 is 27.0 Å². The van der Waals surface area contributed by atoms with Gasteiger partial charge in [0.15, 0.2) is 23.0 Å². The summed E-state index contributed by atoms with van der Waals surface area (Å²) in [5, 5.41) is 23.0. The molecule has 0 aliphatic rings. The van der Waals surface area contributed by atoms with Crippen LogP contribution in [0.1, 0.15) is 37.2 Å². The van der Waals surface area contributed by atoms with Crippen molar-refractivity contribution in [3.8, 4) is 23.0 Å². The van der Waals surface area contributed by atoms with Crippen molar-refractivity contribution in [1.82, 2.24) is 0 Å². The Morgan fingerprint density at radius 1 is 0.667 bits per heavy atom. The fourth-order valence-corrected chi connectivity index (χ4v) is 5.37. The lowest BCUT2D eigenvalue weighted by molar-refractivity contribution is -0.386. The number of hydrogen-bond donors (Lipinski definition) is 2. The van der Waals surface area contributed by atoms with Crippen LogP contribution in [0.4, 0.5) is 11.4 Å². The van der Waals surface area contributed by atoms with E-state index in [1.54, 1.807) is 0 Å². The van der Waals surface area contributed by atoms with Crippen molar-refractivity contribution in [2.24, 2.45) is 0 Å². The lowest BCUT2D eigenvalue weighted by Gasteiger charge is -2.20. The van der Waals surface area contributed by atoms with E-state index in [0.29, 0.717) is 0 Å². The van der Waals surface area contributed by atoms with Crippen LogP contribution in [0.3, 0.4) is 0 Å². The van der Waals surface area contributed by atoms with E-state index >= 15 is 0 Å². The van der Waals surface area contributed by atoms with Crippen molar-refractivity contribution in [2.75, 3.05) is 41.7 Å². The lowest BCUT2D eigenvalue weighted by Crippen LogP contribution is -2.09. The number of nitro groups is 2. The summed E-state index contributed by atoms with van der Waals surface area (Å²) in [6, 6.07) is 4.52. The maximum absolute atomic E-state index is 12.4. The van der Waals surface area contributed by atoms with Gasteiger partial charge in [-0.1, -0.05) is 0 Å². The SMILES string of the molecule is COc1cc(C(C)OP(=O)(O)OCCOP(=O)(O)OC(C)c2cc(OC)c(OC)cc2[N+](=O)[O-])c([N+](=O)[O-])cc1OC. The quantitative estimate of drug-likeness (QED) is 0.104. The van der Waals surface area contributed by atoms with Gasteiger partial charge in [-0.05, 0) is 26.0 Å². The summed E-state index contributed by atoms with van der Waals surface area (Å²) < 4.78 is 64.7. The molecular formula is C22H30N2O16P2. The molecule has 2 aromatic rings. The van der Waals surface area contributed by atoms with Gasteiger partial charge in [-0.2, -0.15) is 0 Å². The third-order valence-electron chi connectivity index (χ3n) is 5.51. The van der Waals surface area contributed by atoms with E-state index in [9.17, 15) is 39.1 Å². The lowest BCUT2D eigenvalue weighted by atomic mass is 10.1. The number of hydrogen-bond acceptors (Lipinski definition) is 14. The van der Waals surface area contributed by atoms with Crippen molar-refractivity contribution in [3.63, 3.8) is 0 Å². The van der Waals surface area contributed by atoms with E-state index in [1.165, 1.54) is 54.4 Å². The van der Waals surface area contributed by atoms with Gasteiger partial charge < -0.3 is 28.7 Å². The van der Waals surface area contributed by atoms with Gasteiger partial charge in [0.05, 0.1) is 87.0 Å². The van der Waals surface area contributed by atoms with Crippen LogP contribution in [0, 0.1) is 20.2 Å². The average Bonchev–Trinajstić information content (AvgIpc) is 2.92. The molecular weight excluding hydrogens is 610 g/mol. The first-order chi connectivity index (χ1) is 19.6. The summed E-state index contributed by atoms with van der Waals surface area (Å²) in [4.78, 5) is 41.7. The maximum Gasteiger partial charge on any atom is 0.472 e. The van der Waals surface area contributed by atoms with Gasteiger partial charge in [-0.15, -0.1) is 0 Å². The number of methoxy groups -OCH3 is 4. The molecule has 0 aliphatic heterocycles.